The van der Waals surface area contributed by atoms with E-state index in [9.17, 15) is 4.79 Å². The molecule has 0 saturated carbocycles. The van der Waals surface area contributed by atoms with E-state index in [0.717, 1.165) is 17.8 Å². The SMILES string of the molecule is Cl.Cl.NC(Cc1ccccc1)C(=O)Nc1cccc(CN2CCCCC2)c1. The summed E-state index contributed by atoms with van der Waals surface area (Å²) >= 11 is 0. The molecule has 1 fully saturated rings. The van der Waals surface area contributed by atoms with Crippen LogP contribution >= 0.6 is 24.8 Å². The molecule has 0 bridgehead atoms. The highest BCUT2D eigenvalue weighted by molar-refractivity contribution is 5.94. The topological polar surface area (TPSA) is 58.4 Å². The molecular weight excluding hydrogens is 381 g/mol. The van der Waals surface area contributed by atoms with Crippen LogP contribution in [0, 0.1) is 0 Å². The number of carbonyl (C=O) groups excluding carboxylic acids is 1. The summed E-state index contributed by atoms with van der Waals surface area (Å²) in [5, 5.41) is 2.96. The molecule has 1 aliphatic rings. The molecule has 3 rings (SSSR count). The van der Waals surface area contributed by atoms with Gasteiger partial charge in [-0.15, -0.1) is 24.8 Å². The van der Waals surface area contributed by atoms with Gasteiger partial charge in [-0.05, 0) is 55.6 Å². The highest BCUT2D eigenvalue weighted by Crippen LogP contribution is 2.16. The quantitative estimate of drug-likeness (QED) is 0.756. The van der Waals surface area contributed by atoms with Gasteiger partial charge in [-0.1, -0.05) is 48.9 Å². The van der Waals surface area contributed by atoms with Crippen LogP contribution in [-0.4, -0.2) is 29.9 Å². The highest BCUT2D eigenvalue weighted by Gasteiger charge is 2.15. The van der Waals surface area contributed by atoms with E-state index < -0.39 is 6.04 Å². The second-order valence-electron chi connectivity index (χ2n) is 6.82. The number of piperidine rings is 1. The molecule has 1 heterocycles. The van der Waals surface area contributed by atoms with E-state index in [0.29, 0.717) is 6.42 Å². The van der Waals surface area contributed by atoms with Gasteiger partial charge in [0.1, 0.15) is 0 Å². The fourth-order valence-corrected chi connectivity index (χ4v) is 3.32. The highest BCUT2D eigenvalue weighted by atomic mass is 35.5. The lowest BCUT2D eigenvalue weighted by Gasteiger charge is -2.26. The number of halogens is 2. The maximum atomic E-state index is 12.4. The molecule has 6 heteroatoms. The lowest BCUT2D eigenvalue weighted by atomic mass is 10.1. The zero-order valence-electron chi connectivity index (χ0n) is 15.5. The van der Waals surface area contributed by atoms with Crippen LogP contribution in [0.3, 0.4) is 0 Å². The van der Waals surface area contributed by atoms with Crippen LogP contribution in [0.1, 0.15) is 30.4 Å². The molecule has 2 aromatic rings. The van der Waals surface area contributed by atoms with Crippen LogP contribution in [0.15, 0.2) is 54.6 Å². The molecule has 1 amide bonds. The van der Waals surface area contributed by atoms with Crippen LogP contribution in [0.4, 0.5) is 5.69 Å². The minimum atomic E-state index is -0.548. The Balaban J connectivity index is 0.00000182. The first-order valence-electron chi connectivity index (χ1n) is 9.12. The molecule has 0 spiro atoms. The number of nitrogens with zero attached hydrogens (tertiary/aromatic N) is 1. The van der Waals surface area contributed by atoms with E-state index in [1.165, 1.54) is 37.9 Å². The number of amides is 1. The van der Waals surface area contributed by atoms with E-state index in [2.05, 4.69) is 22.3 Å². The zero-order chi connectivity index (χ0) is 17.5. The zero-order valence-corrected chi connectivity index (χ0v) is 17.1. The molecule has 4 nitrogen and oxygen atoms in total. The molecule has 0 aromatic heterocycles. The first-order valence-corrected chi connectivity index (χ1v) is 9.12. The third-order valence-electron chi connectivity index (χ3n) is 4.68. The van der Waals surface area contributed by atoms with Crippen molar-refractivity contribution in [1.29, 1.82) is 0 Å². The molecule has 2 aromatic carbocycles. The van der Waals surface area contributed by atoms with E-state index in [4.69, 9.17) is 5.73 Å². The summed E-state index contributed by atoms with van der Waals surface area (Å²) in [7, 11) is 0. The summed E-state index contributed by atoms with van der Waals surface area (Å²) < 4.78 is 0. The number of carbonyl (C=O) groups is 1. The van der Waals surface area contributed by atoms with Gasteiger partial charge in [0.2, 0.25) is 5.91 Å². The van der Waals surface area contributed by atoms with Crippen LogP contribution in [0.25, 0.3) is 0 Å². The summed E-state index contributed by atoms with van der Waals surface area (Å²) in [6.45, 7) is 3.27. The molecule has 1 unspecified atom stereocenters. The van der Waals surface area contributed by atoms with Gasteiger partial charge >= 0.3 is 0 Å². The van der Waals surface area contributed by atoms with Crippen molar-refractivity contribution >= 4 is 36.4 Å². The maximum Gasteiger partial charge on any atom is 0.241 e. The van der Waals surface area contributed by atoms with Crippen molar-refractivity contribution in [2.45, 2.75) is 38.3 Å². The van der Waals surface area contributed by atoms with Gasteiger partial charge in [-0.25, -0.2) is 0 Å². The average Bonchev–Trinajstić information content (AvgIpc) is 2.63. The number of benzene rings is 2. The molecule has 1 saturated heterocycles. The molecular formula is C21H29Cl2N3O. The molecule has 0 radical (unpaired) electrons. The number of rotatable bonds is 6. The van der Waals surface area contributed by atoms with Gasteiger partial charge in [0.15, 0.2) is 0 Å². The van der Waals surface area contributed by atoms with Crippen molar-refractivity contribution in [2.75, 3.05) is 18.4 Å². The molecule has 3 N–H and O–H groups in total. The van der Waals surface area contributed by atoms with Crippen LogP contribution < -0.4 is 11.1 Å². The first-order chi connectivity index (χ1) is 12.2. The van der Waals surface area contributed by atoms with Crippen molar-refractivity contribution in [2.24, 2.45) is 5.73 Å². The monoisotopic (exact) mass is 409 g/mol. The van der Waals surface area contributed by atoms with Gasteiger partial charge in [-0.3, -0.25) is 9.69 Å². The van der Waals surface area contributed by atoms with Crippen LogP contribution in [0.2, 0.25) is 0 Å². The van der Waals surface area contributed by atoms with Gasteiger partial charge in [0.25, 0.3) is 0 Å². The van der Waals surface area contributed by atoms with Gasteiger partial charge in [0.05, 0.1) is 6.04 Å². The molecule has 148 valence electrons. The van der Waals surface area contributed by atoms with Crippen molar-refractivity contribution in [3.05, 3.63) is 65.7 Å². The van der Waals surface area contributed by atoms with Crippen molar-refractivity contribution < 1.29 is 4.79 Å². The summed E-state index contributed by atoms with van der Waals surface area (Å²) in [5.74, 6) is -0.140. The maximum absolute atomic E-state index is 12.4. The summed E-state index contributed by atoms with van der Waals surface area (Å²) in [6, 6.07) is 17.4. The molecule has 1 atom stereocenters. The molecule has 27 heavy (non-hydrogen) atoms. The summed E-state index contributed by atoms with van der Waals surface area (Å²) in [6.07, 6.45) is 4.45. The number of likely N-dealkylation sites (tertiary alicyclic amines) is 1. The Labute approximate surface area is 174 Å². The Morgan fingerprint density at radius 1 is 0.963 bits per heavy atom. The minimum absolute atomic E-state index is 0. The summed E-state index contributed by atoms with van der Waals surface area (Å²) in [4.78, 5) is 14.8. The van der Waals surface area contributed by atoms with Crippen molar-refractivity contribution in [3.63, 3.8) is 0 Å². The van der Waals surface area contributed by atoms with Gasteiger partial charge < -0.3 is 11.1 Å². The predicted octanol–water partition coefficient (Wildman–Crippen LogP) is 4.02. The Kier molecular flexibility index (Phi) is 10.4. The fourth-order valence-electron chi connectivity index (χ4n) is 3.32. The van der Waals surface area contributed by atoms with Gasteiger partial charge in [-0.2, -0.15) is 0 Å². The predicted molar refractivity (Wildman–Crippen MR) is 117 cm³/mol. The lowest BCUT2D eigenvalue weighted by molar-refractivity contribution is -0.117. The summed E-state index contributed by atoms with van der Waals surface area (Å²) in [5.41, 5.74) is 9.19. The van der Waals surface area contributed by atoms with Crippen molar-refractivity contribution in [3.8, 4) is 0 Å². The Morgan fingerprint density at radius 2 is 1.63 bits per heavy atom. The molecule has 0 aliphatic carbocycles. The van der Waals surface area contributed by atoms with E-state index in [-0.39, 0.29) is 30.7 Å². The largest absolute Gasteiger partial charge is 0.325 e. The van der Waals surface area contributed by atoms with E-state index in [1.807, 2.05) is 42.5 Å². The second kappa shape index (κ2) is 12.0. The Morgan fingerprint density at radius 3 is 2.33 bits per heavy atom. The van der Waals surface area contributed by atoms with Crippen LogP contribution in [-0.2, 0) is 17.8 Å². The Bertz CT molecular complexity index is 691. The third kappa shape index (κ3) is 7.51. The first kappa shape index (κ1) is 23.4. The molecule has 1 aliphatic heterocycles. The fraction of sp³-hybridized carbons (Fsp3) is 0.381. The van der Waals surface area contributed by atoms with E-state index in [1.54, 1.807) is 0 Å². The lowest BCUT2D eigenvalue weighted by Crippen LogP contribution is -2.37. The second-order valence-corrected chi connectivity index (χ2v) is 6.82. The number of anilines is 1. The minimum Gasteiger partial charge on any atom is -0.325 e. The number of nitrogens with one attached hydrogen (secondary N) is 1. The normalized spacial score (nSPS) is 15.1. The van der Waals surface area contributed by atoms with E-state index >= 15 is 0 Å². The smallest absolute Gasteiger partial charge is 0.241 e. The number of nitrogens with two attached hydrogens (primary N) is 1. The van der Waals surface area contributed by atoms with Crippen LogP contribution in [0.5, 0.6) is 0 Å². The Hall–Kier alpha value is -1.59. The number of hydrogen-bond acceptors (Lipinski definition) is 3. The van der Waals surface area contributed by atoms with Crippen molar-refractivity contribution in [1.82, 2.24) is 4.90 Å². The number of hydrogen-bond donors (Lipinski definition) is 2. The standard InChI is InChI=1S/C21H27N3O.2ClH/c22-20(15-17-8-3-1-4-9-17)21(25)23-19-11-7-10-18(14-19)16-24-12-5-2-6-13-24;;/h1,3-4,7-11,14,20H,2,5-6,12-13,15-16,22H2,(H,23,25);2*1H. The van der Waals surface area contributed by atoms with Gasteiger partial charge in [0, 0.05) is 12.2 Å². The average molecular weight is 410 g/mol. The third-order valence-corrected chi connectivity index (χ3v) is 4.68.